The molecule has 14 nitrogen and oxygen atoms in total. The van der Waals surface area contributed by atoms with Gasteiger partial charge >= 0.3 is 23.9 Å². The minimum absolute atomic E-state index is 0.291. The molecule has 0 atom stereocenters. The Morgan fingerprint density at radius 1 is 0.735 bits per heavy atom. The third-order valence-corrected chi connectivity index (χ3v) is 9.08. The number of rotatable bonds is 9. The predicted octanol–water partition coefficient (Wildman–Crippen LogP) is 4.04. The van der Waals surface area contributed by atoms with E-state index in [1.807, 2.05) is 24.5 Å². The molecule has 5 N–H and O–H groups in total. The fourth-order valence-electron chi connectivity index (χ4n) is 5.45. The highest BCUT2D eigenvalue weighted by molar-refractivity contribution is 7.22. The number of phenols is 1. The highest BCUT2D eigenvalue weighted by atomic mass is 32.1. The second-order valence-electron chi connectivity index (χ2n) is 11.4. The van der Waals surface area contributed by atoms with Crippen LogP contribution in [0.3, 0.4) is 0 Å². The molecule has 0 unspecified atom stereocenters. The zero-order valence-corrected chi connectivity index (χ0v) is 27.5. The average molecular weight is 695 g/mol. The fraction of sp³-hybridized carbons (Fsp3) is 0.353. The van der Waals surface area contributed by atoms with Crippen LogP contribution in [0.4, 0.5) is 0 Å². The Hall–Kier alpha value is -5.12. The highest BCUT2D eigenvalue weighted by Crippen LogP contribution is 2.41. The van der Waals surface area contributed by atoms with Crippen molar-refractivity contribution in [1.29, 1.82) is 0 Å². The van der Waals surface area contributed by atoms with Gasteiger partial charge in [-0.15, -0.1) is 11.3 Å². The molecule has 2 aliphatic heterocycles. The summed E-state index contributed by atoms with van der Waals surface area (Å²) < 4.78 is 7.10. The summed E-state index contributed by atoms with van der Waals surface area (Å²) >= 11 is 1.71. The number of carboxylic acid groups (broad SMARTS) is 4. The van der Waals surface area contributed by atoms with Gasteiger partial charge in [-0.25, -0.2) is 19.2 Å². The van der Waals surface area contributed by atoms with Crippen LogP contribution in [-0.4, -0.2) is 109 Å². The van der Waals surface area contributed by atoms with E-state index in [0.29, 0.717) is 12.2 Å². The SMILES string of the molecule is O=C(O)C(=O)O.O=C(O)C(=O)O.Oc1ccc2c(Cc3cnc(CN4CCCC4)cn3)c(-c3ccc(OCCN4CCCC4)cc3)sc2c1. The maximum absolute atomic E-state index is 10.1. The molecule has 4 aromatic rings. The molecule has 2 saturated heterocycles. The standard InChI is InChI=1S/C30H34N4O2S.2C2H2O4/c35-25-7-10-27-28(17-23-19-32-24(20-31-23)21-34-13-3-4-14-34)30(37-29(27)18-25)22-5-8-26(9-6-22)36-16-15-33-11-1-2-12-33;2*3-1(4)2(5)6/h5-10,18-20,35H,1-4,11-17,21H2;2*(H,3,4)(H,5,6). The van der Waals surface area contributed by atoms with Crippen molar-refractivity contribution in [3.8, 4) is 21.9 Å². The van der Waals surface area contributed by atoms with E-state index in [1.165, 1.54) is 49.2 Å². The summed E-state index contributed by atoms with van der Waals surface area (Å²) in [4.78, 5) is 52.0. The van der Waals surface area contributed by atoms with Gasteiger partial charge in [0.25, 0.3) is 0 Å². The van der Waals surface area contributed by atoms with Crippen LogP contribution in [0.15, 0.2) is 54.9 Å². The van der Waals surface area contributed by atoms with Crippen LogP contribution < -0.4 is 4.74 Å². The van der Waals surface area contributed by atoms with E-state index in [1.54, 1.807) is 17.4 Å². The Bertz CT molecular complexity index is 1680. The van der Waals surface area contributed by atoms with Gasteiger partial charge in [0.2, 0.25) is 0 Å². The molecule has 0 aliphatic carbocycles. The summed E-state index contributed by atoms with van der Waals surface area (Å²) in [6.07, 6.45) is 9.72. The number of hydrogen-bond donors (Lipinski definition) is 5. The first-order chi connectivity index (χ1) is 23.5. The Kier molecular flexibility index (Phi) is 13.4. The van der Waals surface area contributed by atoms with Crippen LogP contribution in [0.2, 0.25) is 0 Å². The third-order valence-electron chi connectivity index (χ3n) is 7.83. The monoisotopic (exact) mass is 694 g/mol. The molecule has 15 heteroatoms. The number of nitrogens with zero attached hydrogens (tertiary/aromatic N) is 4. The molecular formula is C34H38N4O10S. The van der Waals surface area contributed by atoms with Gasteiger partial charge in [0, 0.05) is 35.3 Å². The molecule has 2 aromatic heterocycles. The Morgan fingerprint density at radius 3 is 1.84 bits per heavy atom. The summed E-state index contributed by atoms with van der Waals surface area (Å²) in [5.74, 6) is -6.10. The van der Waals surface area contributed by atoms with Crippen LogP contribution in [0.5, 0.6) is 11.5 Å². The minimum Gasteiger partial charge on any atom is -0.508 e. The maximum Gasteiger partial charge on any atom is 0.414 e. The number of fused-ring (bicyclic) bond motifs is 1. The van der Waals surface area contributed by atoms with E-state index >= 15 is 0 Å². The zero-order valence-electron chi connectivity index (χ0n) is 26.7. The van der Waals surface area contributed by atoms with Gasteiger partial charge < -0.3 is 30.3 Å². The number of aliphatic carboxylic acids is 4. The van der Waals surface area contributed by atoms with Crippen molar-refractivity contribution in [3.63, 3.8) is 0 Å². The molecular weight excluding hydrogens is 656 g/mol. The van der Waals surface area contributed by atoms with Gasteiger partial charge in [-0.3, -0.25) is 19.8 Å². The van der Waals surface area contributed by atoms with Crippen LogP contribution >= 0.6 is 11.3 Å². The van der Waals surface area contributed by atoms with E-state index in [0.717, 1.165) is 65.6 Å². The van der Waals surface area contributed by atoms with Crippen molar-refractivity contribution in [2.45, 2.75) is 38.6 Å². The first kappa shape index (κ1) is 36.7. The lowest BCUT2D eigenvalue weighted by atomic mass is 10.0. The van der Waals surface area contributed by atoms with Gasteiger partial charge in [0.05, 0.1) is 17.6 Å². The number of carbonyl (C=O) groups is 4. The number of phenolic OH excluding ortho intramolecular Hbond substituents is 1. The Balaban J connectivity index is 0.000000388. The van der Waals surface area contributed by atoms with Crippen LogP contribution in [-0.2, 0) is 32.1 Å². The third kappa shape index (κ3) is 11.2. The number of ether oxygens (including phenoxy) is 1. The number of aromatic hydroxyl groups is 1. The Morgan fingerprint density at radius 2 is 1.29 bits per heavy atom. The van der Waals surface area contributed by atoms with Crippen molar-refractivity contribution in [1.82, 2.24) is 19.8 Å². The van der Waals surface area contributed by atoms with Crippen LogP contribution in [0.1, 0.15) is 42.6 Å². The first-order valence-electron chi connectivity index (χ1n) is 15.6. The van der Waals surface area contributed by atoms with E-state index < -0.39 is 23.9 Å². The molecule has 2 aliphatic rings. The van der Waals surface area contributed by atoms with Gasteiger partial charge in [0.15, 0.2) is 0 Å². The van der Waals surface area contributed by atoms with Crippen molar-refractivity contribution in [2.75, 3.05) is 39.3 Å². The lowest BCUT2D eigenvalue weighted by Gasteiger charge is -2.15. The average Bonchev–Trinajstić information content (AvgIpc) is 3.86. The van der Waals surface area contributed by atoms with Gasteiger partial charge in [-0.05, 0) is 111 Å². The minimum atomic E-state index is -1.82. The van der Waals surface area contributed by atoms with E-state index in [2.05, 4.69) is 34.1 Å². The Labute approximate surface area is 285 Å². The highest BCUT2D eigenvalue weighted by Gasteiger charge is 2.17. The molecule has 0 saturated carbocycles. The summed E-state index contributed by atoms with van der Waals surface area (Å²) in [6.45, 7) is 7.29. The number of hydrogen-bond acceptors (Lipinski definition) is 11. The summed E-state index contributed by atoms with van der Waals surface area (Å²) in [5, 5.41) is 40.8. The number of thiophene rings is 1. The van der Waals surface area contributed by atoms with Crippen LogP contribution in [0, 0.1) is 0 Å². The molecule has 0 amide bonds. The quantitative estimate of drug-likeness (QED) is 0.157. The smallest absolute Gasteiger partial charge is 0.414 e. The number of carboxylic acids is 4. The predicted molar refractivity (Wildman–Crippen MR) is 180 cm³/mol. The summed E-state index contributed by atoms with van der Waals surface area (Å²) in [7, 11) is 0. The first-order valence-corrected chi connectivity index (χ1v) is 16.5. The molecule has 260 valence electrons. The maximum atomic E-state index is 10.1. The normalized spacial score (nSPS) is 14.4. The van der Waals surface area contributed by atoms with Crippen molar-refractivity contribution in [3.05, 3.63) is 71.8 Å². The molecule has 2 fully saturated rings. The molecule has 49 heavy (non-hydrogen) atoms. The number of aromatic nitrogens is 2. The molecule has 6 rings (SSSR count). The summed E-state index contributed by atoms with van der Waals surface area (Å²) in [6, 6.07) is 14.1. The number of likely N-dealkylation sites (tertiary alicyclic amines) is 2. The molecule has 2 aromatic carbocycles. The molecule has 4 heterocycles. The van der Waals surface area contributed by atoms with Crippen molar-refractivity contribution >= 4 is 45.3 Å². The second kappa shape index (κ2) is 17.9. The fourth-order valence-corrected chi connectivity index (χ4v) is 6.71. The van der Waals surface area contributed by atoms with E-state index in [-0.39, 0.29) is 0 Å². The number of benzene rings is 2. The largest absolute Gasteiger partial charge is 0.508 e. The zero-order chi connectivity index (χ0) is 35.3. The van der Waals surface area contributed by atoms with Gasteiger partial charge in [-0.2, -0.15) is 0 Å². The van der Waals surface area contributed by atoms with Gasteiger partial charge in [-0.1, -0.05) is 0 Å². The van der Waals surface area contributed by atoms with E-state index in [9.17, 15) is 5.11 Å². The lowest BCUT2D eigenvalue weighted by Crippen LogP contribution is -2.25. The lowest BCUT2D eigenvalue weighted by molar-refractivity contribution is -0.159. The summed E-state index contributed by atoms with van der Waals surface area (Å²) in [5.41, 5.74) is 4.37. The topological polar surface area (TPSA) is 211 Å². The van der Waals surface area contributed by atoms with E-state index in [4.69, 9.17) is 54.3 Å². The molecule has 0 bridgehead atoms. The second-order valence-corrected chi connectivity index (χ2v) is 12.4. The van der Waals surface area contributed by atoms with Crippen molar-refractivity contribution < 1.29 is 49.4 Å². The van der Waals surface area contributed by atoms with Crippen LogP contribution in [0.25, 0.3) is 20.5 Å². The molecule has 0 spiro atoms. The molecule has 0 radical (unpaired) electrons. The van der Waals surface area contributed by atoms with Gasteiger partial charge in [0.1, 0.15) is 18.1 Å². The van der Waals surface area contributed by atoms with Crippen molar-refractivity contribution in [2.24, 2.45) is 0 Å².